The van der Waals surface area contributed by atoms with E-state index in [0.29, 0.717) is 37.9 Å². The van der Waals surface area contributed by atoms with Crippen molar-refractivity contribution in [1.29, 1.82) is 5.26 Å². The summed E-state index contributed by atoms with van der Waals surface area (Å²) in [6, 6.07) is 17.4. The zero-order valence-electron chi connectivity index (χ0n) is 19.8. The Labute approximate surface area is 222 Å². The van der Waals surface area contributed by atoms with Crippen molar-refractivity contribution in [3.63, 3.8) is 0 Å². The second-order valence-electron chi connectivity index (χ2n) is 7.80. The van der Waals surface area contributed by atoms with Crippen LogP contribution in [-0.4, -0.2) is 25.5 Å². The van der Waals surface area contributed by atoms with Crippen LogP contribution in [0.5, 0.6) is 11.5 Å². The minimum absolute atomic E-state index is 0.111. The van der Waals surface area contributed by atoms with Gasteiger partial charge >= 0.3 is 0 Å². The number of halogens is 2. The predicted molar refractivity (Wildman–Crippen MR) is 144 cm³/mol. The summed E-state index contributed by atoms with van der Waals surface area (Å²) in [5.74, 6) is -0.265. The minimum atomic E-state index is -0.571. The van der Waals surface area contributed by atoms with Crippen LogP contribution in [0.15, 0.2) is 64.6 Å². The molecule has 0 radical (unpaired) electrons. The molecule has 184 valence electrons. The van der Waals surface area contributed by atoms with Crippen LogP contribution in [0, 0.1) is 25.2 Å². The van der Waals surface area contributed by atoms with Crippen LogP contribution in [0.4, 0.5) is 11.4 Å². The van der Waals surface area contributed by atoms with Crippen LogP contribution in [0.3, 0.4) is 0 Å². The second kappa shape index (κ2) is 12.2. The Morgan fingerprint density at radius 2 is 1.72 bits per heavy atom. The minimum Gasteiger partial charge on any atom is -0.493 e. The number of nitriles is 1. The van der Waals surface area contributed by atoms with E-state index in [1.165, 1.54) is 13.2 Å². The number of nitrogens with zero attached hydrogens (tertiary/aromatic N) is 1. The quantitative estimate of drug-likeness (QED) is 0.246. The first-order valence-corrected chi connectivity index (χ1v) is 11.9. The average molecular weight is 569 g/mol. The van der Waals surface area contributed by atoms with Gasteiger partial charge in [0.2, 0.25) is 0 Å². The van der Waals surface area contributed by atoms with Gasteiger partial charge in [0.25, 0.3) is 11.8 Å². The van der Waals surface area contributed by atoms with Gasteiger partial charge in [-0.25, -0.2) is 0 Å². The molecule has 2 N–H and O–H groups in total. The lowest BCUT2D eigenvalue weighted by Crippen LogP contribution is -2.20. The Balaban J connectivity index is 1.73. The normalized spacial score (nSPS) is 10.8. The molecule has 9 heteroatoms. The first-order chi connectivity index (χ1) is 17.2. The lowest BCUT2D eigenvalue weighted by atomic mass is 10.1. The molecule has 0 bridgehead atoms. The lowest BCUT2D eigenvalue weighted by Gasteiger charge is -2.14. The predicted octanol–water partition coefficient (Wildman–Crippen LogP) is 6.29. The molecule has 0 aliphatic heterocycles. The average Bonchev–Trinajstić information content (AvgIpc) is 2.85. The molecule has 0 saturated heterocycles. The molecule has 2 amide bonds. The fourth-order valence-corrected chi connectivity index (χ4v) is 3.86. The van der Waals surface area contributed by atoms with Crippen molar-refractivity contribution in [2.75, 3.05) is 24.4 Å². The molecule has 0 atom stereocenters. The van der Waals surface area contributed by atoms with E-state index in [1.54, 1.807) is 36.4 Å². The third kappa shape index (κ3) is 7.11. The maximum atomic E-state index is 12.6. The Bertz CT molecular complexity index is 1360. The maximum Gasteiger partial charge on any atom is 0.266 e. The molecule has 0 heterocycles. The van der Waals surface area contributed by atoms with Gasteiger partial charge < -0.3 is 20.1 Å². The number of anilines is 2. The van der Waals surface area contributed by atoms with Gasteiger partial charge in [-0.05, 0) is 101 Å². The van der Waals surface area contributed by atoms with Gasteiger partial charge in [0.15, 0.2) is 18.1 Å². The third-order valence-electron chi connectivity index (χ3n) is 5.17. The second-order valence-corrected chi connectivity index (χ2v) is 9.09. The molecule has 0 aliphatic rings. The zero-order chi connectivity index (χ0) is 26.2. The van der Waals surface area contributed by atoms with Crippen LogP contribution in [0.2, 0.25) is 5.02 Å². The molecule has 0 spiro atoms. The highest BCUT2D eigenvalue weighted by Gasteiger charge is 2.15. The lowest BCUT2D eigenvalue weighted by molar-refractivity contribution is -0.118. The topological polar surface area (TPSA) is 100 Å². The number of carbonyl (C=O) groups excluding carboxylic acids is 2. The Morgan fingerprint density at radius 1 is 1.03 bits per heavy atom. The number of hydrogen-bond donors (Lipinski definition) is 2. The number of amides is 2. The summed E-state index contributed by atoms with van der Waals surface area (Å²) in [6.45, 7) is 3.72. The van der Waals surface area contributed by atoms with Crippen LogP contribution in [0.25, 0.3) is 6.08 Å². The van der Waals surface area contributed by atoms with Crippen molar-refractivity contribution in [3.05, 3.63) is 86.4 Å². The van der Waals surface area contributed by atoms with Crippen LogP contribution in [0.1, 0.15) is 16.7 Å². The van der Waals surface area contributed by atoms with Gasteiger partial charge in [-0.3, -0.25) is 9.59 Å². The van der Waals surface area contributed by atoms with E-state index in [2.05, 4.69) is 26.6 Å². The molecule has 36 heavy (non-hydrogen) atoms. The smallest absolute Gasteiger partial charge is 0.266 e. The largest absolute Gasteiger partial charge is 0.493 e. The fraction of sp³-hybridized carbons (Fsp3) is 0.148. The van der Waals surface area contributed by atoms with Crippen molar-refractivity contribution in [3.8, 4) is 17.6 Å². The summed E-state index contributed by atoms with van der Waals surface area (Å²) in [7, 11) is 1.45. The standard InChI is InChI=1S/C27H23BrClN3O4/c1-16-4-7-22(10-17(16)2)31-25(33)15-36-26-23(28)12-18(13-24(26)35-3)11-19(14-30)27(34)32-21-8-5-20(29)6-9-21/h4-13H,15H2,1-3H3,(H,31,33)(H,32,34)/b19-11-. The molecule has 3 aromatic rings. The Kier molecular flexibility index (Phi) is 9.12. The summed E-state index contributed by atoms with van der Waals surface area (Å²) in [5, 5.41) is 15.5. The molecule has 0 aromatic heterocycles. The molecular weight excluding hydrogens is 546 g/mol. The summed E-state index contributed by atoms with van der Waals surface area (Å²) >= 11 is 9.28. The molecule has 0 aliphatic carbocycles. The molecule has 0 saturated carbocycles. The number of aryl methyl sites for hydroxylation is 2. The van der Waals surface area contributed by atoms with E-state index in [1.807, 2.05) is 38.1 Å². The van der Waals surface area contributed by atoms with Gasteiger partial charge in [-0.15, -0.1) is 0 Å². The van der Waals surface area contributed by atoms with Gasteiger partial charge in [0, 0.05) is 16.4 Å². The fourth-order valence-electron chi connectivity index (χ4n) is 3.16. The number of methoxy groups -OCH3 is 1. The zero-order valence-corrected chi connectivity index (χ0v) is 22.2. The first-order valence-electron chi connectivity index (χ1n) is 10.8. The van der Waals surface area contributed by atoms with Gasteiger partial charge in [-0.1, -0.05) is 17.7 Å². The molecular formula is C27H23BrClN3O4. The van der Waals surface area contributed by atoms with E-state index in [0.717, 1.165) is 11.1 Å². The van der Waals surface area contributed by atoms with Crippen molar-refractivity contribution < 1.29 is 19.1 Å². The SMILES string of the molecule is COc1cc(/C=C(/C#N)C(=O)Nc2ccc(Cl)cc2)cc(Br)c1OCC(=O)Nc1ccc(C)c(C)c1. The van der Waals surface area contributed by atoms with Gasteiger partial charge in [0.05, 0.1) is 11.6 Å². The van der Waals surface area contributed by atoms with E-state index < -0.39 is 5.91 Å². The van der Waals surface area contributed by atoms with Crippen molar-refractivity contribution >= 4 is 56.8 Å². The summed E-state index contributed by atoms with van der Waals surface area (Å²) in [6.07, 6.45) is 1.43. The summed E-state index contributed by atoms with van der Waals surface area (Å²) in [4.78, 5) is 25.0. The molecule has 3 rings (SSSR count). The summed E-state index contributed by atoms with van der Waals surface area (Å²) in [5.41, 5.74) is 3.80. The Morgan fingerprint density at radius 3 is 2.36 bits per heavy atom. The van der Waals surface area contributed by atoms with Gasteiger partial charge in [0.1, 0.15) is 11.6 Å². The van der Waals surface area contributed by atoms with Crippen LogP contribution >= 0.6 is 27.5 Å². The number of hydrogen-bond acceptors (Lipinski definition) is 5. The van der Waals surface area contributed by atoms with Crippen molar-refractivity contribution in [2.24, 2.45) is 0 Å². The van der Waals surface area contributed by atoms with Crippen molar-refractivity contribution in [1.82, 2.24) is 0 Å². The molecule has 7 nitrogen and oxygen atoms in total. The van der Waals surface area contributed by atoms with E-state index in [-0.39, 0.29) is 18.1 Å². The number of rotatable bonds is 8. The molecule has 0 unspecified atom stereocenters. The number of carbonyl (C=O) groups is 2. The molecule has 0 fully saturated rings. The van der Waals surface area contributed by atoms with E-state index in [9.17, 15) is 14.9 Å². The third-order valence-corrected chi connectivity index (χ3v) is 6.01. The monoisotopic (exact) mass is 567 g/mol. The number of benzene rings is 3. The van der Waals surface area contributed by atoms with Crippen LogP contribution < -0.4 is 20.1 Å². The van der Waals surface area contributed by atoms with E-state index >= 15 is 0 Å². The summed E-state index contributed by atoms with van der Waals surface area (Å²) < 4.78 is 11.6. The van der Waals surface area contributed by atoms with Crippen molar-refractivity contribution in [2.45, 2.75) is 13.8 Å². The number of ether oxygens (including phenoxy) is 2. The molecule has 3 aromatic carbocycles. The maximum absolute atomic E-state index is 12.6. The first kappa shape index (κ1) is 26.8. The van der Waals surface area contributed by atoms with E-state index in [4.69, 9.17) is 21.1 Å². The number of nitrogens with one attached hydrogen (secondary N) is 2. The highest BCUT2D eigenvalue weighted by atomic mass is 79.9. The van der Waals surface area contributed by atoms with Gasteiger partial charge in [-0.2, -0.15) is 5.26 Å². The van der Waals surface area contributed by atoms with Crippen LogP contribution in [-0.2, 0) is 9.59 Å². The highest BCUT2D eigenvalue weighted by Crippen LogP contribution is 2.37. The highest BCUT2D eigenvalue weighted by molar-refractivity contribution is 9.10. The Hall–Kier alpha value is -3.80.